The molecule has 0 aromatic carbocycles. The van der Waals surface area contributed by atoms with E-state index in [0.717, 1.165) is 22.7 Å². The molecule has 4 heterocycles. The first-order valence-electron chi connectivity index (χ1n) is 8.79. The van der Waals surface area contributed by atoms with Crippen molar-refractivity contribution in [1.82, 2.24) is 20.3 Å². The van der Waals surface area contributed by atoms with Crippen molar-refractivity contribution in [3.8, 4) is 16.6 Å². The van der Waals surface area contributed by atoms with Gasteiger partial charge in [-0.15, -0.1) is 11.3 Å². The Balaban J connectivity index is 1.38. The van der Waals surface area contributed by atoms with Crippen molar-refractivity contribution >= 4 is 23.2 Å². The number of anilines is 1. The van der Waals surface area contributed by atoms with Crippen LogP contribution in [0.25, 0.3) is 10.7 Å². The van der Waals surface area contributed by atoms with Crippen LogP contribution in [0.4, 0.5) is 10.6 Å². The second kappa shape index (κ2) is 8.32. The van der Waals surface area contributed by atoms with Crippen LogP contribution in [-0.2, 0) is 4.74 Å². The number of nitrogens with one attached hydrogen (secondary N) is 2. The Kier molecular flexibility index (Phi) is 5.45. The Hall–Kier alpha value is -3.04. The van der Waals surface area contributed by atoms with E-state index in [1.807, 2.05) is 24.3 Å². The molecule has 0 saturated carbocycles. The molecule has 28 heavy (non-hydrogen) atoms. The summed E-state index contributed by atoms with van der Waals surface area (Å²) in [5, 5.41) is 8.29. The average molecular weight is 397 g/mol. The Morgan fingerprint density at radius 2 is 2.21 bits per heavy atom. The van der Waals surface area contributed by atoms with E-state index >= 15 is 0 Å². The molecule has 2 amide bonds. The summed E-state index contributed by atoms with van der Waals surface area (Å²) in [6.07, 6.45) is 3.90. The topological polar surface area (TPSA) is 98.3 Å². The van der Waals surface area contributed by atoms with Gasteiger partial charge in [0.15, 0.2) is 0 Å². The van der Waals surface area contributed by atoms with Crippen LogP contribution in [0.15, 0.2) is 48.1 Å². The lowest BCUT2D eigenvalue weighted by atomic mass is 10.0. The zero-order chi connectivity index (χ0) is 19.3. The molecule has 3 aromatic rings. The molecular weight excluding hydrogens is 378 g/mol. The number of thiazole rings is 1. The maximum atomic E-state index is 12.4. The van der Waals surface area contributed by atoms with E-state index in [2.05, 4.69) is 25.6 Å². The van der Waals surface area contributed by atoms with Crippen LogP contribution in [0.1, 0.15) is 18.1 Å². The van der Waals surface area contributed by atoms with E-state index in [4.69, 9.17) is 9.47 Å². The number of rotatable bonds is 5. The van der Waals surface area contributed by atoms with Gasteiger partial charge >= 0.3 is 6.03 Å². The van der Waals surface area contributed by atoms with Crippen LogP contribution < -0.4 is 15.4 Å². The predicted octanol–water partition coefficient (Wildman–Crippen LogP) is 3.26. The molecule has 0 bridgehead atoms. The lowest BCUT2D eigenvalue weighted by Gasteiger charge is -2.20. The number of urea groups is 1. The normalized spacial score (nSPS) is 18.6. The van der Waals surface area contributed by atoms with Gasteiger partial charge in [-0.1, -0.05) is 6.07 Å². The highest BCUT2D eigenvalue weighted by molar-refractivity contribution is 7.13. The molecule has 0 unspecified atom stereocenters. The van der Waals surface area contributed by atoms with Gasteiger partial charge in [-0.25, -0.2) is 14.8 Å². The third-order valence-electron chi connectivity index (χ3n) is 4.33. The Bertz CT molecular complexity index is 932. The van der Waals surface area contributed by atoms with Gasteiger partial charge in [0.05, 0.1) is 18.8 Å². The second-order valence-electron chi connectivity index (χ2n) is 6.17. The molecule has 4 rings (SSSR count). The van der Waals surface area contributed by atoms with Gasteiger partial charge < -0.3 is 14.8 Å². The monoisotopic (exact) mass is 397 g/mol. The fraction of sp³-hybridized carbons (Fsp3) is 0.263. The fourth-order valence-corrected chi connectivity index (χ4v) is 3.73. The van der Waals surface area contributed by atoms with Crippen LogP contribution in [0.5, 0.6) is 5.88 Å². The summed E-state index contributed by atoms with van der Waals surface area (Å²) in [6.45, 7) is 0.572. The van der Waals surface area contributed by atoms with Gasteiger partial charge in [-0.3, -0.25) is 10.3 Å². The van der Waals surface area contributed by atoms with Crippen molar-refractivity contribution in [2.45, 2.75) is 18.6 Å². The Morgan fingerprint density at radius 1 is 1.29 bits per heavy atom. The molecule has 2 N–H and O–H groups in total. The summed E-state index contributed by atoms with van der Waals surface area (Å²) in [7, 11) is 1.57. The highest BCUT2D eigenvalue weighted by atomic mass is 32.1. The number of ether oxygens (including phenoxy) is 2. The van der Waals surface area contributed by atoms with Crippen molar-refractivity contribution < 1.29 is 14.3 Å². The van der Waals surface area contributed by atoms with Gasteiger partial charge in [-0.05, 0) is 24.6 Å². The van der Waals surface area contributed by atoms with Crippen molar-refractivity contribution in [3.63, 3.8) is 0 Å². The molecule has 144 valence electrons. The number of carbonyl (C=O) groups excluding carboxylic acids is 1. The van der Waals surface area contributed by atoms with Crippen LogP contribution in [-0.4, -0.2) is 40.7 Å². The van der Waals surface area contributed by atoms with Crippen LogP contribution in [0.2, 0.25) is 0 Å². The summed E-state index contributed by atoms with van der Waals surface area (Å²) in [5.41, 5.74) is 1.67. The molecule has 9 heteroatoms. The van der Waals surface area contributed by atoms with Gasteiger partial charge in [0.25, 0.3) is 0 Å². The zero-order valence-corrected chi connectivity index (χ0v) is 16.0. The van der Waals surface area contributed by atoms with Crippen molar-refractivity contribution in [2.24, 2.45) is 0 Å². The lowest BCUT2D eigenvalue weighted by Crippen LogP contribution is -2.39. The largest absolute Gasteiger partial charge is 0.481 e. The molecule has 2 atom stereocenters. The first-order valence-corrected chi connectivity index (χ1v) is 9.67. The number of hydrogen-bond donors (Lipinski definition) is 2. The van der Waals surface area contributed by atoms with E-state index in [9.17, 15) is 4.79 Å². The maximum Gasteiger partial charge on any atom is 0.320 e. The maximum absolute atomic E-state index is 12.4. The minimum atomic E-state index is -0.320. The quantitative estimate of drug-likeness (QED) is 0.686. The number of nitrogens with zero attached hydrogens (tertiary/aromatic N) is 3. The van der Waals surface area contributed by atoms with Gasteiger partial charge in [0.1, 0.15) is 16.9 Å². The number of amides is 2. The Morgan fingerprint density at radius 3 is 2.96 bits per heavy atom. The molecule has 0 radical (unpaired) electrons. The lowest BCUT2D eigenvalue weighted by molar-refractivity contribution is 0.100. The van der Waals surface area contributed by atoms with E-state index < -0.39 is 0 Å². The summed E-state index contributed by atoms with van der Waals surface area (Å²) in [5.74, 6) is 1.03. The molecular formula is C19H19N5O3S. The molecule has 8 nitrogen and oxygen atoms in total. The van der Waals surface area contributed by atoms with Crippen LogP contribution >= 0.6 is 11.3 Å². The number of carbonyl (C=O) groups is 1. The smallest absolute Gasteiger partial charge is 0.320 e. The fourth-order valence-electron chi connectivity index (χ4n) is 3.01. The van der Waals surface area contributed by atoms with Crippen LogP contribution in [0.3, 0.4) is 0 Å². The van der Waals surface area contributed by atoms with Crippen molar-refractivity contribution in [3.05, 3.63) is 53.7 Å². The highest BCUT2D eigenvalue weighted by Gasteiger charge is 2.31. The van der Waals surface area contributed by atoms with E-state index in [-0.39, 0.29) is 18.2 Å². The second-order valence-corrected chi connectivity index (χ2v) is 7.03. The summed E-state index contributed by atoms with van der Waals surface area (Å²) >= 11 is 1.43. The molecule has 1 saturated heterocycles. The summed E-state index contributed by atoms with van der Waals surface area (Å²) in [6, 6.07) is 8.84. The highest BCUT2D eigenvalue weighted by Crippen LogP contribution is 2.29. The summed E-state index contributed by atoms with van der Waals surface area (Å²) in [4.78, 5) is 25.3. The minimum absolute atomic E-state index is 0.149. The summed E-state index contributed by atoms with van der Waals surface area (Å²) < 4.78 is 10.9. The molecule has 1 aliphatic heterocycles. The molecule has 0 aliphatic carbocycles. The first kappa shape index (κ1) is 18.3. The standard InChI is InChI=1S/C19H19N5O3S/c1-26-16-6-5-12(10-21-16)17-13(7-9-27-17)22-19(25)24-15-11-28-18(23-15)14-4-2-3-8-20-14/h2-6,8,10-11,13,17H,7,9H2,1H3,(H2,22,24,25)/t13-,17+/m1/s1. The third kappa shape index (κ3) is 4.10. The van der Waals surface area contributed by atoms with Gasteiger partial charge in [-0.2, -0.15) is 0 Å². The van der Waals surface area contributed by atoms with Crippen molar-refractivity contribution in [1.29, 1.82) is 0 Å². The first-order chi connectivity index (χ1) is 13.7. The molecule has 1 fully saturated rings. The van der Waals surface area contributed by atoms with Gasteiger partial charge in [0, 0.05) is 36.0 Å². The number of hydrogen-bond acceptors (Lipinski definition) is 7. The SMILES string of the molecule is COc1ccc([C@@H]2OCC[C@H]2NC(=O)Nc2csc(-c3ccccn3)n2)cn1. The van der Waals surface area contributed by atoms with Gasteiger partial charge in [0.2, 0.25) is 5.88 Å². The predicted molar refractivity (Wildman–Crippen MR) is 105 cm³/mol. The number of pyridine rings is 2. The van der Waals surface area contributed by atoms with Crippen LogP contribution in [0, 0.1) is 0 Å². The average Bonchev–Trinajstić information content (AvgIpc) is 3.38. The molecule has 3 aromatic heterocycles. The minimum Gasteiger partial charge on any atom is -0.481 e. The van der Waals surface area contributed by atoms with E-state index in [1.54, 1.807) is 30.9 Å². The van der Waals surface area contributed by atoms with E-state index in [1.165, 1.54) is 11.3 Å². The zero-order valence-electron chi connectivity index (χ0n) is 15.2. The molecule has 0 spiro atoms. The van der Waals surface area contributed by atoms with Crippen molar-refractivity contribution in [2.75, 3.05) is 19.0 Å². The third-order valence-corrected chi connectivity index (χ3v) is 5.20. The number of aromatic nitrogens is 3. The number of methoxy groups -OCH3 is 1. The molecule has 1 aliphatic rings. The van der Waals surface area contributed by atoms with E-state index in [0.29, 0.717) is 18.3 Å². The Labute approximate surface area is 166 Å².